The number of nitrogens with one attached hydrogen (secondary N) is 1. The lowest BCUT2D eigenvalue weighted by atomic mass is 10.0. The Morgan fingerprint density at radius 1 is 1.32 bits per heavy atom. The minimum atomic E-state index is -0.0336. The number of aryl methyl sites for hydroxylation is 3. The summed E-state index contributed by atoms with van der Waals surface area (Å²) >= 11 is 0. The van der Waals surface area contributed by atoms with Crippen LogP contribution in [-0.4, -0.2) is 40.0 Å². The highest BCUT2D eigenvalue weighted by atomic mass is 35.5. The summed E-state index contributed by atoms with van der Waals surface area (Å²) in [5, 5.41) is 4.48. The van der Waals surface area contributed by atoms with Gasteiger partial charge in [0.2, 0.25) is 5.91 Å². The van der Waals surface area contributed by atoms with E-state index in [1.54, 1.807) is 12.5 Å². The lowest BCUT2D eigenvalue weighted by molar-refractivity contribution is -0.134. The van der Waals surface area contributed by atoms with Crippen molar-refractivity contribution in [3.8, 4) is 0 Å². The number of halogens is 1. The normalized spacial score (nSPS) is 18.9. The summed E-state index contributed by atoms with van der Waals surface area (Å²) < 4.78 is 7.78. The van der Waals surface area contributed by atoms with Gasteiger partial charge in [0.15, 0.2) is 0 Å². The molecule has 3 aromatic rings. The standard InChI is InChI=1S/C21H24N4O2.ClH/c1-24-7-6-23-21(24)18-12-22-5-8-25(18)20(26)11-16-13-27-19-10-15-4-2-3-14(15)9-17(16)19;/h6-7,9-10,13,18,22H,2-5,8,11-12H2,1H3;1H. The van der Waals surface area contributed by atoms with E-state index in [-0.39, 0.29) is 24.4 Å². The highest BCUT2D eigenvalue weighted by molar-refractivity contribution is 5.89. The van der Waals surface area contributed by atoms with Crippen LogP contribution in [0.15, 0.2) is 35.2 Å². The largest absolute Gasteiger partial charge is 0.464 e. The predicted molar refractivity (Wildman–Crippen MR) is 110 cm³/mol. The fourth-order valence-corrected chi connectivity index (χ4v) is 4.48. The third kappa shape index (κ3) is 3.20. The second-order valence-corrected chi connectivity index (χ2v) is 7.61. The molecule has 0 spiro atoms. The van der Waals surface area contributed by atoms with E-state index in [0.29, 0.717) is 13.0 Å². The summed E-state index contributed by atoms with van der Waals surface area (Å²) in [4.78, 5) is 19.6. The Morgan fingerprint density at radius 3 is 2.93 bits per heavy atom. The first-order chi connectivity index (χ1) is 13.2. The molecule has 1 amide bonds. The Balaban J connectivity index is 0.00000192. The molecule has 6 nitrogen and oxygen atoms in total. The number of amides is 1. The van der Waals surface area contributed by atoms with E-state index in [4.69, 9.17) is 4.42 Å². The number of carbonyl (C=O) groups excluding carboxylic acids is 1. The monoisotopic (exact) mass is 400 g/mol. The molecule has 1 aliphatic heterocycles. The van der Waals surface area contributed by atoms with Crippen molar-refractivity contribution in [3.63, 3.8) is 0 Å². The van der Waals surface area contributed by atoms with Crippen molar-refractivity contribution >= 4 is 29.3 Å². The highest BCUT2D eigenvalue weighted by Gasteiger charge is 2.31. The number of hydrogen-bond donors (Lipinski definition) is 1. The number of furan rings is 1. The lowest BCUT2D eigenvalue weighted by Crippen LogP contribution is -2.49. The molecule has 1 aromatic carbocycles. The van der Waals surface area contributed by atoms with Crippen LogP contribution < -0.4 is 5.32 Å². The average molecular weight is 401 g/mol. The Morgan fingerprint density at radius 2 is 2.14 bits per heavy atom. The summed E-state index contributed by atoms with van der Waals surface area (Å²) in [6.45, 7) is 2.24. The number of benzene rings is 1. The molecule has 148 valence electrons. The lowest BCUT2D eigenvalue weighted by Gasteiger charge is -2.35. The van der Waals surface area contributed by atoms with Gasteiger partial charge in [0, 0.05) is 50.0 Å². The zero-order valence-corrected chi connectivity index (χ0v) is 16.8. The molecule has 0 bridgehead atoms. The number of carbonyl (C=O) groups is 1. The summed E-state index contributed by atoms with van der Waals surface area (Å²) in [6.07, 6.45) is 9.31. The summed E-state index contributed by atoms with van der Waals surface area (Å²) in [5.74, 6) is 1.05. The topological polar surface area (TPSA) is 63.3 Å². The molecule has 7 heteroatoms. The molecule has 1 unspecified atom stereocenters. The van der Waals surface area contributed by atoms with Crippen molar-refractivity contribution in [2.24, 2.45) is 7.05 Å². The van der Waals surface area contributed by atoms with Gasteiger partial charge in [-0.15, -0.1) is 12.4 Å². The van der Waals surface area contributed by atoms with Gasteiger partial charge in [0.1, 0.15) is 17.4 Å². The molecule has 1 atom stereocenters. The fourth-order valence-electron chi connectivity index (χ4n) is 4.48. The predicted octanol–water partition coefficient (Wildman–Crippen LogP) is 2.79. The molecule has 1 N–H and O–H groups in total. The van der Waals surface area contributed by atoms with E-state index >= 15 is 0 Å². The molecule has 1 fully saturated rings. The number of piperazine rings is 1. The average Bonchev–Trinajstić information content (AvgIpc) is 3.40. The van der Waals surface area contributed by atoms with Crippen molar-refractivity contribution < 1.29 is 9.21 Å². The molecule has 3 heterocycles. The number of rotatable bonds is 3. The van der Waals surface area contributed by atoms with Crippen LogP contribution in [0.5, 0.6) is 0 Å². The van der Waals surface area contributed by atoms with Crippen molar-refractivity contribution in [1.29, 1.82) is 0 Å². The smallest absolute Gasteiger partial charge is 0.227 e. The zero-order valence-electron chi connectivity index (χ0n) is 16.0. The van der Waals surface area contributed by atoms with Crippen LogP contribution in [0.2, 0.25) is 0 Å². The molecule has 2 aromatic heterocycles. The Bertz CT molecular complexity index is 1010. The Kier molecular flexibility index (Phi) is 5.17. The number of nitrogens with zero attached hydrogens (tertiary/aromatic N) is 3. The Labute approximate surface area is 170 Å². The van der Waals surface area contributed by atoms with Gasteiger partial charge < -0.3 is 19.2 Å². The van der Waals surface area contributed by atoms with Crippen LogP contribution in [0.4, 0.5) is 0 Å². The minimum absolute atomic E-state index is 0. The van der Waals surface area contributed by atoms with Gasteiger partial charge in [-0.3, -0.25) is 4.79 Å². The van der Waals surface area contributed by atoms with Crippen LogP contribution in [0, 0.1) is 0 Å². The maximum Gasteiger partial charge on any atom is 0.227 e. The number of aromatic nitrogens is 2. The summed E-state index contributed by atoms with van der Waals surface area (Å²) in [7, 11) is 1.98. The summed E-state index contributed by atoms with van der Waals surface area (Å²) in [6, 6.07) is 4.36. The van der Waals surface area contributed by atoms with E-state index in [2.05, 4.69) is 22.4 Å². The van der Waals surface area contributed by atoms with E-state index in [1.807, 2.05) is 22.7 Å². The van der Waals surface area contributed by atoms with Gasteiger partial charge in [0.05, 0.1) is 12.7 Å². The van der Waals surface area contributed by atoms with E-state index < -0.39 is 0 Å². The highest BCUT2D eigenvalue weighted by Crippen LogP contribution is 2.31. The van der Waals surface area contributed by atoms with Gasteiger partial charge in [-0.1, -0.05) is 0 Å². The van der Waals surface area contributed by atoms with E-state index in [1.165, 1.54) is 17.5 Å². The quantitative estimate of drug-likeness (QED) is 0.734. The fraction of sp³-hybridized carbons (Fsp3) is 0.429. The number of fused-ring (bicyclic) bond motifs is 2. The maximum absolute atomic E-state index is 13.2. The molecular weight excluding hydrogens is 376 g/mol. The van der Waals surface area contributed by atoms with Gasteiger partial charge in [-0.25, -0.2) is 4.98 Å². The van der Waals surface area contributed by atoms with Crippen LogP contribution in [0.1, 0.15) is 35.0 Å². The van der Waals surface area contributed by atoms with Crippen LogP contribution in [0.25, 0.3) is 11.0 Å². The summed E-state index contributed by atoms with van der Waals surface area (Å²) in [5.41, 5.74) is 4.69. The van der Waals surface area contributed by atoms with Gasteiger partial charge in [-0.05, 0) is 42.5 Å². The van der Waals surface area contributed by atoms with Gasteiger partial charge >= 0.3 is 0 Å². The third-order valence-electron chi connectivity index (χ3n) is 5.93. The Hall–Kier alpha value is -2.31. The molecule has 0 radical (unpaired) electrons. The molecule has 1 aliphatic carbocycles. The van der Waals surface area contributed by atoms with E-state index in [0.717, 1.165) is 48.3 Å². The first-order valence-electron chi connectivity index (χ1n) is 9.70. The second kappa shape index (κ2) is 7.60. The molecular formula is C21H25ClN4O2. The van der Waals surface area contributed by atoms with Gasteiger partial charge in [0.25, 0.3) is 0 Å². The molecule has 1 saturated heterocycles. The molecule has 0 saturated carbocycles. The third-order valence-corrected chi connectivity index (χ3v) is 5.93. The molecule has 2 aliphatic rings. The van der Waals surface area contributed by atoms with Crippen LogP contribution >= 0.6 is 12.4 Å². The van der Waals surface area contributed by atoms with Crippen LogP contribution in [-0.2, 0) is 31.1 Å². The maximum atomic E-state index is 13.2. The van der Waals surface area contributed by atoms with Crippen molar-refractivity contribution in [3.05, 3.63) is 53.3 Å². The second-order valence-electron chi connectivity index (χ2n) is 7.61. The van der Waals surface area contributed by atoms with Crippen molar-refractivity contribution in [2.75, 3.05) is 19.6 Å². The minimum Gasteiger partial charge on any atom is -0.464 e. The molecule has 28 heavy (non-hydrogen) atoms. The SMILES string of the molecule is Cl.Cn1ccnc1C1CNCCN1C(=O)Cc1coc2cc3c(cc12)CCC3. The first-order valence-corrected chi connectivity index (χ1v) is 9.70. The number of hydrogen-bond acceptors (Lipinski definition) is 4. The van der Waals surface area contributed by atoms with Crippen LogP contribution in [0.3, 0.4) is 0 Å². The van der Waals surface area contributed by atoms with E-state index in [9.17, 15) is 4.79 Å². The first kappa shape index (κ1) is 19.0. The zero-order chi connectivity index (χ0) is 18.4. The van der Waals surface area contributed by atoms with Crippen molar-refractivity contribution in [1.82, 2.24) is 19.8 Å². The van der Waals surface area contributed by atoms with Crippen molar-refractivity contribution in [2.45, 2.75) is 31.7 Å². The van der Waals surface area contributed by atoms with Gasteiger partial charge in [-0.2, -0.15) is 0 Å². The number of imidazole rings is 1. The molecule has 5 rings (SSSR count).